The number of carbonyl (C=O) groups is 2. The predicted molar refractivity (Wildman–Crippen MR) is 95.1 cm³/mol. The third kappa shape index (κ3) is 3.50. The number of nitrogens with one attached hydrogen (secondary N) is 1. The number of ketones is 1. The van der Waals surface area contributed by atoms with Crippen LogP contribution in [0.3, 0.4) is 0 Å². The van der Waals surface area contributed by atoms with Gasteiger partial charge in [0.25, 0.3) is 5.91 Å². The van der Waals surface area contributed by atoms with E-state index in [2.05, 4.69) is 17.3 Å². The average molecular weight is 327 g/mol. The summed E-state index contributed by atoms with van der Waals surface area (Å²) in [6, 6.07) is 9.15. The van der Waals surface area contributed by atoms with Gasteiger partial charge in [0.05, 0.1) is 5.69 Å². The maximum absolute atomic E-state index is 12.7. The lowest BCUT2D eigenvalue weighted by atomic mass is 9.83. The summed E-state index contributed by atoms with van der Waals surface area (Å²) in [5, 5.41) is 9.32. The summed E-state index contributed by atoms with van der Waals surface area (Å²) < 4.78 is 0. The lowest BCUT2D eigenvalue weighted by Crippen LogP contribution is -2.49. The molecule has 1 aromatic rings. The van der Waals surface area contributed by atoms with Crippen molar-refractivity contribution in [3.8, 4) is 0 Å². The van der Waals surface area contributed by atoms with Gasteiger partial charge in [-0.2, -0.15) is 5.10 Å². The maximum atomic E-state index is 12.7. The molecule has 1 aromatic carbocycles. The smallest absolute Gasteiger partial charge is 0.268 e. The van der Waals surface area contributed by atoms with Gasteiger partial charge < -0.3 is 5.32 Å². The SMILES string of the molecule is CC(=O)[C@H]1CC(C(=O)NC2(C)CCCCC2)=NN1c1ccccc1. The number of rotatable bonds is 4. The van der Waals surface area contributed by atoms with Crippen molar-refractivity contribution in [2.24, 2.45) is 5.10 Å². The van der Waals surface area contributed by atoms with Gasteiger partial charge in [-0.1, -0.05) is 37.5 Å². The standard InChI is InChI=1S/C19H25N3O2/c1-14(23)17-13-16(21-22(17)15-9-5-3-6-10-15)18(24)20-19(2)11-7-4-8-12-19/h3,5-6,9-10,17H,4,7-8,11-13H2,1-2H3,(H,20,24)/t17-/m1/s1. The average Bonchev–Trinajstić information content (AvgIpc) is 3.02. The van der Waals surface area contributed by atoms with Gasteiger partial charge in [-0.15, -0.1) is 0 Å². The van der Waals surface area contributed by atoms with E-state index >= 15 is 0 Å². The van der Waals surface area contributed by atoms with Gasteiger partial charge in [0.2, 0.25) is 0 Å². The largest absolute Gasteiger partial charge is 0.346 e. The van der Waals surface area contributed by atoms with Crippen molar-refractivity contribution in [2.75, 3.05) is 5.01 Å². The van der Waals surface area contributed by atoms with Crippen molar-refractivity contribution < 1.29 is 9.59 Å². The van der Waals surface area contributed by atoms with E-state index in [1.165, 1.54) is 6.42 Å². The first-order chi connectivity index (χ1) is 11.5. The molecule has 1 amide bonds. The molecule has 0 radical (unpaired) electrons. The third-order valence-electron chi connectivity index (χ3n) is 5.03. The molecule has 0 aromatic heterocycles. The topological polar surface area (TPSA) is 61.8 Å². The molecular formula is C19H25N3O2. The van der Waals surface area contributed by atoms with Gasteiger partial charge in [0.15, 0.2) is 5.78 Å². The molecule has 0 saturated heterocycles. The van der Waals surface area contributed by atoms with E-state index in [1.54, 1.807) is 11.9 Å². The molecule has 3 rings (SSSR count). The molecular weight excluding hydrogens is 302 g/mol. The van der Waals surface area contributed by atoms with E-state index in [0.717, 1.165) is 31.4 Å². The summed E-state index contributed by atoms with van der Waals surface area (Å²) in [5.41, 5.74) is 1.14. The fourth-order valence-electron chi connectivity index (χ4n) is 3.59. The summed E-state index contributed by atoms with van der Waals surface area (Å²) in [4.78, 5) is 24.7. The first-order valence-electron chi connectivity index (χ1n) is 8.73. The van der Waals surface area contributed by atoms with E-state index < -0.39 is 6.04 Å². The second kappa shape index (κ2) is 6.75. The molecule has 2 aliphatic rings. The Morgan fingerprint density at radius 1 is 1.17 bits per heavy atom. The Kier molecular flexibility index (Phi) is 4.69. The van der Waals surface area contributed by atoms with Crippen LogP contribution >= 0.6 is 0 Å². The van der Waals surface area contributed by atoms with E-state index in [4.69, 9.17) is 0 Å². The quantitative estimate of drug-likeness (QED) is 0.924. The van der Waals surface area contributed by atoms with Crippen LogP contribution < -0.4 is 10.3 Å². The monoisotopic (exact) mass is 327 g/mol. The Bertz CT molecular complexity index is 648. The molecule has 1 atom stereocenters. The van der Waals surface area contributed by atoms with Gasteiger partial charge in [-0.05, 0) is 38.8 Å². The van der Waals surface area contributed by atoms with Crippen molar-refractivity contribution in [3.05, 3.63) is 30.3 Å². The van der Waals surface area contributed by atoms with Crippen molar-refractivity contribution >= 4 is 23.1 Å². The first kappa shape index (κ1) is 16.7. The molecule has 0 spiro atoms. The second-order valence-corrected chi connectivity index (χ2v) is 7.13. The van der Waals surface area contributed by atoms with Crippen molar-refractivity contribution in [2.45, 2.75) is 64.0 Å². The zero-order chi connectivity index (χ0) is 17.2. The number of benzene rings is 1. The van der Waals surface area contributed by atoms with Gasteiger partial charge in [0, 0.05) is 12.0 Å². The molecule has 5 nitrogen and oxygen atoms in total. The molecule has 0 unspecified atom stereocenters. The van der Waals surface area contributed by atoms with Gasteiger partial charge in [-0.25, -0.2) is 0 Å². The number of carbonyl (C=O) groups excluding carboxylic acids is 2. The molecule has 0 bridgehead atoms. The maximum Gasteiger partial charge on any atom is 0.268 e. The number of hydrogen-bond acceptors (Lipinski definition) is 4. The van der Waals surface area contributed by atoms with E-state index in [1.807, 2.05) is 30.3 Å². The number of para-hydroxylation sites is 1. The molecule has 24 heavy (non-hydrogen) atoms. The zero-order valence-corrected chi connectivity index (χ0v) is 14.4. The molecule has 1 heterocycles. The predicted octanol–water partition coefficient (Wildman–Crippen LogP) is 3.05. The fraction of sp³-hybridized carbons (Fsp3) is 0.526. The van der Waals surface area contributed by atoms with Crippen LogP contribution in [0.4, 0.5) is 5.69 Å². The van der Waals surface area contributed by atoms with Gasteiger partial charge in [0.1, 0.15) is 11.8 Å². The van der Waals surface area contributed by atoms with Crippen LogP contribution in [0.15, 0.2) is 35.4 Å². The van der Waals surface area contributed by atoms with Crippen LogP contribution in [-0.4, -0.2) is 29.0 Å². The lowest BCUT2D eigenvalue weighted by molar-refractivity contribution is -0.118. The molecule has 1 N–H and O–H groups in total. The van der Waals surface area contributed by atoms with Crippen molar-refractivity contribution in [1.82, 2.24) is 5.32 Å². The summed E-state index contributed by atoms with van der Waals surface area (Å²) in [7, 11) is 0. The first-order valence-corrected chi connectivity index (χ1v) is 8.73. The zero-order valence-electron chi connectivity index (χ0n) is 14.4. The number of hydrogen-bond donors (Lipinski definition) is 1. The minimum Gasteiger partial charge on any atom is -0.346 e. The van der Waals surface area contributed by atoms with Crippen molar-refractivity contribution in [1.29, 1.82) is 0 Å². The van der Waals surface area contributed by atoms with Crippen LogP contribution in [0.25, 0.3) is 0 Å². The van der Waals surface area contributed by atoms with E-state index in [0.29, 0.717) is 12.1 Å². The lowest BCUT2D eigenvalue weighted by Gasteiger charge is -2.34. The molecule has 1 aliphatic heterocycles. The van der Waals surface area contributed by atoms with Crippen LogP contribution in [0.1, 0.15) is 52.4 Å². The number of nitrogens with zero attached hydrogens (tertiary/aromatic N) is 2. The Hall–Kier alpha value is -2.17. The summed E-state index contributed by atoms with van der Waals surface area (Å²) in [6.07, 6.45) is 5.91. The highest BCUT2D eigenvalue weighted by atomic mass is 16.2. The van der Waals surface area contributed by atoms with Crippen LogP contribution in [-0.2, 0) is 9.59 Å². The van der Waals surface area contributed by atoms with Crippen LogP contribution in [0.5, 0.6) is 0 Å². The molecule has 5 heteroatoms. The summed E-state index contributed by atoms with van der Waals surface area (Å²) in [6.45, 7) is 3.66. The van der Waals surface area contributed by atoms with E-state index in [-0.39, 0.29) is 17.2 Å². The highest BCUT2D eigenvalue weighted by Gasteiger charge is 2.36. The fourth-order valence-corrected chi connectivity index (χ4v) is 3.59. The Morgan fingerprint density at radius 2 is 1.83 bits per heavy atom. The highest BCUT2D eigenvalue weighted by Crippen LogP contribution is 2.29. The summed E-state index contributed by atoms with van der Waals surface area (Å²) >= 11 is 0. The highest BCUT2D eigenvalue weighted by molar-refractivity contribution is 6.40. The van der Waals surface area contributed by atoms with Crippen molar-refractivity contribution in [3.63, 3.8) is 0 Å². The minimum absolute atomic E-state index is 0.0225. The van der Waals surface area contributed by atoms with Gasteiger partial charge >= 0.3 is 0 Å². The Morgan fingerprint density at radius 3 is 2.46 bits per heavy atom. The number of hydrazone groups is 1. The molecule has 1 fully saturated rings. The number of anilines is 1. The Labute approximate surface area is 143 Å². The van der Waals surface area contributed by atoms with Gasteiger partial charge in [-0.3, -0.25) is 14.6 Å². The van der Waals surface area contributed by atoms with Crippen LogP contribution in [0, 0.1) is 0 Å². The Balaban J connectivity index is 1.77. The molecule has 1 aliphatic carbocycles. The van der Waals surface area contributed by atoms with E-state index in [9.17, 15) is 9.59 Å². The minimum atomic E-state index is -0.396. The number of Topliss-reactive ketones (excluding diaryl/α,β-unsaturated/α-hetero) is 1. The summed E-state index contributed by atoms with van der Waals surface area (Å²) in [5.74, 6) is -0.113. The molecule has 128 valence electrons. The number of amides is 1. The van der Waals surface area contributed by atoms with Crippen LogP contribution in [0.2, 0.25) is 0 Å². The normalized spacial score (nSPS) is 22.8. The second-order valence-electron chi connectivity index (χ2n) is 7.13. The molecule has 1 saturated carbocycles. The third-order valence-corrected chi connectivity index (χ3v) is 5.03.